The fourth-order valence-electron chi connectivity index (χ4n) is 3.19. The predicted molar refractivity (Wildman–Crippen MR) is 99.3 cm³/mol. The lowest BCUT2D eigenvalue weighted by Gasteiger charge is -1.96. The van der Waals surface area contributed by atoms with Crippen LogP contribution in [0.3, 0.4) is 0 Å². The lowest BCUT2D eigenvalue weighted by atomic mass is 10.2. The summed E-state index contributed by atoms with van der Waals surface area (Å²) in [6.07, 6.45) is 1.19. The van der Waals surface area contributed by atoms with Crippen molar-refractivity contribution in [3.8, 4) is 5.75 Å². The van der Waals surface area contributed by atoms with E-state index in [1.54, 1.807) is 29.9 Å². The van der Waals surface area contributed by atoms with E-state index in [4.69, 9.17) is 9.15 Å². The number of furan rings is 1. The largest absolute Gasteiger partial charge is 0.497 e. The second-order valence-electron chi connectivity index (χ2n) is 6.25. The number of ether oxygens (including phenoxy) is 1. The maximum atomic E-state index is 11.9. The minimum atomic E-state index is -3.30. The van der Waals surface area contributed by atoms with E-state index < -0.39 is 9.84 Å². The maximum Gasteiger partial charge on any atom is 0.493 e. The number of sulfone groups is 1. The van der Waals surface area contributed by atoms with Crippen LogP contribution in [0.5, 0.6) is 5.75 Å². The van der Waals surface area contributed by atoms with Gasteiger partial charge in [-0.3, -0.25) is 0 Å². The first-order chi connectivity index (χ1) is 12.3. The van der Waals surface area contributed by atoms with Crippen molar-refractivity contribution in [3.63, 3.8) is 0 Å². The van der Waals surface area contributed by atoms with Crippen LogP contribution >= 0.6 is 0 Å². The summed E-state index contributed by atoms with van der Waals surface area (Å²) in [7, 11) is 0.210. The highest BCUT2D eigenvalue weighted by Crippen LogP contribution is 2.36. The van der Waals surface area contributed by atoms with Gasteiger partial charge in [0.1, 0.15) is 25.1 Å². The first-order valence-corrected chi connectivity index (χ1v) is 9.82. The number of nitrogens with zero attached hydrogens (tertiary/aromatic N) is 2. The minimum Gasteiger partial charge on any atom is -0.497 e. The quantitative estimate of drug-likeness (QED) is 0.665. The Bertz CT molecular complexity index is 1220. The molecule has 0 unspecified atom stereocenters. The summed E-state index contributed by atoms with van der Waals surface area (Å²) in [5.41, 5.74) is 2.28. The number of rotatable bonds is 3. The summed E-state index contributed by atoms with van der Waals surface area (Å²) >= 11 is 0. The SMILES string of the molecule is C=[N+]1C(c2cc3ccc(OC)cc3o2)=[N+](C)c2ccc(S(C)(=O)=O)cc21. The lowest BCUT2D eigenvalue weighted by molar-refractivity contribution is -0.438. The first-order valence-electron chi connectivity index (χ1n) is 7.93. The van der Waals surface area contributed by atoms with E-state index in [-0.39, 0.29) is 4.90 Å². The number of hydrogen-bond donors (Lipinski definition) is 0. The Balaban J connectivity index is 1.85. The van der Waals surface area contributed by atoms with Crippen LogP contribution < -0.4 is 4.74 Å². The summed E-state index contributed by atoms with van der Waals surface area (Å²) in [6.45, 7) is 4.09. The van der Waals surface area contributed by atoms with Gasteiger partial charge in [0, 0.05) is 35.9 Å². The molecule has 1 aliphatic rings. The number of hydrogen-bond acceptors (Lipinski definition) is 4. The van der Waals surface area contributed by atoms with Gasteiger partial charge in [0.05, 0.1) is 12.0 Å². The molecular formula is C19H18N2O4S+2. The third-order valence-electron chi connectivity index (χ3n) is 4.55. The van der Waals surface area contributed by atoms with E-state index in [2.05, 4.69) is 6.72 Å². The molecular weight excluding hydrogens is 352 g/mol. The summed E-state index contributed by atoms with van der Waals surface area (Å²) < 4.78 is 38.6. The van der Waals surface area contributed by atoms with Gasteiger partial charge in [-0.15, -0.1) is 9.15 Å². The smallest absolute Gasteiger partial charge is 0.493 e. The van der Waals surface area contributed by atoms with Gasteiger partial charge in [-0.1, -0.05) is 0 Å². The Morgan fingerprint density at radius 3 is 2.54 bits per heavy atom. The third kappa shape index (κ3) is 2.43. The molecule has 0 saturated carbocycles. The van der Waals surface area contributed by atoms with Crippen molar-refractivity contribution in [1.82, 2.24) is 0 Å². The Morgan fingerprint density at radius 2 is 1.85 bits per heavy atom. The highest BCUT2D eigenvalue weighted by molar-refractivity contribution is 7.90. The summed E-state index contributed by atoms with van der Waals surface area (Å²) in [5, 5.41) is 0.947. The molecule has 1 aromatic heterocycles. The molecule has 4 rings (SSSR count). The molecule has 0 N–H and O–H groups in total. The van der Waals surface area contributed by atoms with Gasteiger partial charge >= 0.3 is 5.84 Å². The Hall–Kier alpha value is -2.93. The van der Waals surface area contributed by atoms with Crippen LogP contribution in [0.2, 0.25) is 0 Å². The van der Waals surface area contributed by atoms with Crippen LogP contribution in [0.25, 0.3) is 11.0 Å². The molecule has 0 amide bonds. The van der Waals surface area contributed by atoms with Crippen LogP contribution in [-0.4, -0.2) is 50.5 Å². The van der Waals surface area contributed by atoms with Crippen molar-refractivity contribution in [1.29, 1.82) is 0 Å². The monoisotopic (exact) mass is 370 g/mol. The molecule has 132 valence electrons. The number of fused-ring (bicyclic) bond motifs is 2. The molecule has 0 atom stereocenters. The van der Waals surface area contributed by atoms with Crippen molar-refractivity contribution in [2.75, 3.05) is 20.4 Å². The van der Waals surface area contributed by atoms with Gasteiger partial charge in [-0.05, 0) is 18.2 Å². The molecule has 0 spiro atoms. The van der Waals surface area contributed by atoms with Crippen LogP contribution in [0.15, 0.2) is 51.8 Å². The summed E-state index contributed by atoms with van der Waals surface area (Å²) in [5.74, 6) is 2.10. The maximum absolute atomic E-state index is 11.9. The molecule has 3 aromatic rings. The van der Waals surface area contributed by atoms with E-state index in [0.29, 0.717) is 17.0 Å². The molecule has 7 heteroatoms. The van der Waals surface area contributed by atoms with Crippen LogP contribution in [0.4, 0.5) is 11.4 Å². The third-order valence-corrected chi connectivity index (χ3v) is 5.66. The van der Waals surface area contributed by atoms with E-state index in [1.807, 2.05) is 35.9 Å². The van der Waals surface area contributed by atoms with Gasteiger partial charge in [0.25, 0.3) is 17.1 Å². The zero-order valence-corrected chi connectivity index (χ0v) is 15.5. The fraction of sp³-hybridized carbons (Fsp3) is 0.158. The van der Waals surface area contributed by atoms with Crippen LogP contribution in [-0.2, 0) is 9.84 Å². The number of benzene rings is 2. The van der Waals surface area contributed by atoms with Gasteiger partial charge in [0.15, 0.2) is 9.84 Å². The molecule has 0 fully saturated rings. The molecule has 1 aliphatic heterocycles. The summed E-state index contributed by atoms with van der Waals surface area (Å²) in [4.78, 5) is 0.258. The normalized spacial score (nSPS) is 14.2. The van der Waals surface area contributed by atoms with Gasteiger partial charge < -0.3 is 9.15 Å². The van der Waals surface area contributed by atoms with Crippen molar-refractivity contribution >= 4 is 44.7 Å². The molecule has 0 radical (unpaired) electrons. The Kier molecular flexibility index (Phi) is 3.52. The van der Waals surface area contributed by atoms with Crippen molar-refractivity contribution in [2.45, 2.75) is 4.90 Å². The first kappa shape index (κ1) is 16.5. The van der Waals surface area contributed by atoms with Crippen molar-refractivity contribution < 1.29 is 26.7 Å². The fourth-order valence-corrected chi connectivity index (χ4v) is 3.83. The molecule has 0 bridgehead atoms. The van der Waals surface area contributed by atoms with Crippen molar-refractivity contribution in [2.24, 2.45) is 0 Å². The van der Waals surface area contributed by atoms with E-state index in [9.17, 15) is 8.42 Å². The van der Waals surface area contributed by atoms with Gasteiger partial charge in [-0.2, -0.15) is 0 Å². The number of methoxy groups -OCH3 is 1. The van der Waals surface area contributed by atoms with Crippen LogP contribution in [0, 0.1) is 0 Å². The molecule has 6 nitrogen and oxygen atoms in total. The molecule has 0 aliphatic carbocycles. The summed E-state index contributed by atoms with van der Waals surface area (Å²) in [6, 6.07) is 12.6. The highest BCUT2D eigenvalue weighted by Gasteiger charge is 2.43. The molecule has 2 heterocycles. The molecule has 26 heavy (non-hydrogen) atoms. The van der Waals surface area contributed by atoms with E-state index >= 15 is 0 Å². The van der Waals surface area contributed by atoms with Crippen LogP contribution in [0.1, 0.15) is 5.76 Å². The second-order valence-corrected chi connectivity index (χ2v) is 8.26. The predicted octanol–water partition coefficient (Wildman–Crippen LogP) is 2.92. The Labute approximate surface area is 151 Å². The minimum absolute atomic E-state index is 0.258. The topological polar surface area (TPSA) is 62.5 Å². The molecule has 2 aromatic carbocycles. The van der Waals surface area contributed by atoms with Gasteiger partial charge in [-0.25, -0.2) is 8.42 Å². The van der Waals surface area contributed by atoms with Gasteiger partial charge in [0.2, 0.25) is 0 Å². The standard InChI is InChI=1S/C19H18N2O4S/c1-20-15-8-7-14(26(4,22)23)11-16(15)21(2)19(20)18-9-12-5-6-13(24-3)10-17(12)25-18/h5-11H,2H2,1,3-4H3/q+2. The van der Waals surface area contributed by atoms with Crippen molar-refractivity contribution in [3.05, 3.63) is 48.2 Å². The molecule has 0 saturated heterocycles. The average molecular weight is 370 g/mol. The second kappa shape index (κ2) is 5.54. The average Bonchev–Trinajstić information content (AvgIpc) is 3.12. The van der Waals surface area contributed by atoms with E-state index in [0.717, 1.165) is 22.7 Å². The lowest BCUT2D eigenvalue weighted by Crippen LogP contribution is -2.17. The zero-order chi connectivity index (χ0) is 18.6. The van der Waals surface area contributed by atoms with E-state index in [1.165, 1.54) is 6.26 Å². The zero-order valence-electron chi connectivity index (χ0n) is 14.7. The highest BCUT2D eigenvalue weighted by atomic mass is 32.2. The Morgan fingerprint density at radius 1 is 1.08 bits per heavy atom. The number of amidine groups is 1.